The zero-order chi connectivity index (χ0) is 18.2. The highest BCUT2D eigenvalue weighted by Gasteiger charge is 2.35. The summed E-state index contributed by atoms with van der Waals surface area (Å²) < 4.78 is 43.4. The molecule has 0 saturated heterocycles. The Bertz CT molecular complexity index is 617. The highest BCUT2D eigenvalue weighted by molar-refractivity contribution is 6.02. The van der Waals surface area contributed by atoms with Crippen LogP contribution in [-0.2, 0) is 11.0 Å². The van der Waals surface area contributed by atoms with Crippen molar-refractivity contribution in [1.29, 1.82) is 0 Å². The van der Waals surface area contributed by atoms with Crippen LogP contribution in [0.1, 0.15) is 43.7 Å². The summed E-state index contributed by atoms with van der Waals surface area (Å²) in [4.78, 5) is 11.7. The molecule has 24 heavy (non-hydrogen) atoms. The van der Waals surface area contributed by atoms with Crippen LogP contribution in [0.2, 0.25) is 0 Å². The molecule has 1 aromatic rings. The fourth-order valence-corrected chi connectivity index (χ4v) is 2.04. The molecule has 0 aliphatic heterocycles. The number of carbonyl (C=O) groups excluding carboxylic acids is 1. The van der Waals surface area contributed by atoms with E-state index in [4.69, 9.17) is 4.74 Å². The molecular formula is C18H21F3O3. The topological polar surface area (TPSA) is 46.5 Å². The number of benzene rings is 1. The molecule has 6 heteroatoms. The third-order valence-corrected chi connectivity index (χ3v) is 3.32. The molecule has 0 bridgehead atoms. The molecule has 0 unspecified atom stereocenters. The lowest BCUT2D eigenvalue weighted by Crippen LogP contribution is -2.06. The maximum absolute atomic E-state index is 12.9. The zero-order valence-electron chi connectivity index (χ0n) is 13.7. The fourth-order valence-electron chi connectivity index (χ4n) is 2.04. The van der Waals surface area contributed by atoms with Crippen LogP contribution in [0.4, 0.5) is 13.2 Å². The molecule has 132 valence electrons. The van der Waals surface area contributed by atoms with Crippen molar-refractivity contribution in [2.75, 3.05) is 7.11 Å². The number of hydrogen-bond donors (Lipinski definition) is 1. The number of ketones is 1. The van der Waals surface area contributed by atoms with E-state index in [0.717, 1.165) is 38.9 Å². The molecular weight excluding hydrogens is 321 g/mol. The fraction of sp³-hybridized carbons (Fsp3) is 0.389. The molecule has 0 amide bonds. The third kappa shape index (κ3) is 6.10. The molecule has 0 fully saturated rings. The highest BCUT2D eigenvalue weighted by Crippen LogP contribution is 2.41. The van der Waals surface area contributed by atoms with E-state index in [0.29, 0.717) is 0 Å². The molecule has 0 saturated carbocycles. The van der Waals surface area contributed by atoms with Gasteiger partial charge >= 0.3 is 6.18 Å². The van der Waals surface area contributed by atoms with Gasteiger partial charge in [0.2, 0.25) is 0 Å². The lowest BCUT2D eigenvalue weighted by molar-refractivity contribution is -0.138. The van der Waals surface area contributed by atoms with Crippen LogP contribution < -0.4 is 4.74 Å². The lowest BCUT2D eigenvalue weighted by Gasteiger charge is -2.13. The maximum Gasteiger partial charge on any atom is 0.420 e. The van der Waals surface area contributed by atoms with Crippen molar-refractivity contribution in [2.24, 2.45) is 0 Å². The largest absolute Gasteiger partial charge is 0.504 e. The van der Waals surface area contributed by atoms with Gasteiger partial charge in [-0.25, -0.2) is 0 Å². The Labute approximate surface area is 139 Å². The van der Waals surface area contributed by atoms with Crippen LogP contribution in [-0.4, -0.2) is 18.0 Å². The normalized spacial score (nSPS) is 12.2. The first-order valence-corrected chi connectivity index (χ1v) is 7.66. The number of alkyl halides is 3. The van der Waals surface area contributed by atoms with E-state index in [-0.39, 0.29) is 17.1 Å². The molecule has 1 rings (SSSR count). The second-order valence-corrected chi connectivity index (χ2v) is 5.25. The standard InChI is InChI=1S/C18H21F3O3/c1-3-4-5-6-7-8-14(22)10-9-13-11-15(18(19,20)21)17(23)16(12-13)24-2/h7-12,23H,3-6H2,1-2H3/b8-7+,10-9+. The summed E-state index contributed by atoms with van der Waals surface area (Å²) in [7, 11) is 1.16. The smallest absolute Gasteiger partial charge is 0.420 e. The molecule has 1 N–H and O–H groups in total. The van der Waals surface area contributed by atoms with Gasteiger partial charge in [0.05, 0.1) is 7.11 Å². The number of allylic oxidation sites excluding steroid dienone is 3. The molecule has 0 radical (unpaired) electrons. The summed E-state index contributed by atoms with van der Waals surface area (Å²) in [5.41, 5.74) is -1.09. The van der Waals surface area contributed by atoms with E-state index in [1.807, 2.05) is 0 Å². The first-order valence-electron chi connectivity index (χ1n) is 7.66. The first-order chi connectivity index (χ1) is 11.3. The molecule has 3 nitrogen and oxygen atoms in total. The Morgan fingerprint density at radius 1 is 1.25 bits per heavy atom. The number of ether oxygens (including phenoxy) is 1. The van der Waals surface area contributed by atoms with Crippen LogP contribution in [0.25, 0.3) is 6.08 Å². The van der Waals surface area contributed by atoms with E-state index in [1.165, 1.54) is 24.3 Å². The molecule has 0 heterocycles. The van der Waals surface area contributed by atoms with Gasteiger partial charge in [-0.15, -0.1) is 0 Å². The molecule has 0 aliphatic rings. The quantitative estimate of drug-likeness (QED) is 0.526. The predicted molar refractivity (Wildman–Crippen MR) is 87.0 cm³/mol. The minimum atomic E-state index is -4.72. The molecule has 0 aromatic heterocycles. The van der Waals surface area contributed by atoms with Gasteiger partial charge in [-0.1, -0.05) is 31.9 Å². The van der Waals surface area contributed by atoms with Gasteiger partial charge in [0.1, 0.15) is 5.56 Å². The first kappa shape index (κ1) is 19.8. The average molecular weight is 342 g/mol. The minimum absolute atomic E-state index is 0.115. The summed E-state index contributed by atoms with van der Waals surface area (Å²) in [5, 5.41) is 9.57. The second kappa shape index (κ2) is 9.15. The van der Waals surface area contributed by atoms with Gasteiger partial charge in [-0.2, -0.15) is 13.2 Å². The number of hydrogen-bond acceptors (Lipinski definition) is 3. The monoisotopic (exact) mass is 342 g/mol. The Morgan fingerprint density at radius 3 is 2.54 bits per heavy atom. The third-order valence-electron chi connectivity index (χ3n) is 3.32. The zero-order valence-corrected chi connectivity index (χ0v) is 13.7. The van der Waals surface area contributed by atoms with Crippen molar-refractivity contribution in [3.63, 3.8) is 0 Å². The molecule has 0 aliphatic carbocycles. The number of methoxy groups -OCH3 is 1. The Balaban J connectivity index is 2.89. The van der Waals surface area contributed by atoms with Crippen molar-refractivity contribution in [1.82, 2.24) is 0 Å². The van der Waals surface area contributed by atoms with Crippen LogP contribution in [0, 0.1) is 0 Å². The lowest BCUT2D eigenvalue weighted by atomic mass is 10.1. The van der Waals surface area contributed by atoms with Gasteiger partial charge in [0.25, 0.3) is 0 Å². The van der Waals surface area contributed by atoms with Gasteiger partial charge < -0.3 is 9.84 Å². The van der Waals surface area contributed by atoms with E-state index in [2.05, 4.69) is 6.92 Å². The number of halogens is 3. The number of phenolic OH excluding ortho intramolecular Hbond substituents is 1. The average Bonchev–Trinajstić information content (AvgIpc) is 2.52. The minimum Gasteiger partial charge on any atom is -0.504 e. The van der Waals surface area contributed by atoms with Crippen molar-refractivity contribution < 1.29 is 27.8 Å². The van der Waals surface area contributed by atoms with Crippen LogP contribution in [0.5, 0.6) is 11.5 Å². The Hall–Kier alpha value is -2.24. The van der Waals surface area contributed by atoms with Gasteiger partial charge in [0, 0.05) is 0 Å². The van der Waals surface area contributed by atoms with E-state index >= 15 is 0 Å². The summed E-state index contributed by atoms with van der Waals surface area (Å²) in [6.07, 6.45) is 4.83. The van der Waals surface area contributed by atoms with Crippen LogP contribution in [0.15, 0.2) is 30.4 Å². The van der Waals surface area contributed by atoms with Crippen molar-refractivity contribution in [2.45, 2.75) is 38.8 Å². The van der Waals surface area contributed by atoms with Crippen LogP contribution in [0.3, 0.4) is 0 Å². The van der Waals surface area contributed by atoms with Crippen molar-refractivity contribution in [3.05, 3.63) is 41.5 Å². The van der Waals surface area contributed by atoms with Crippen LogP contribution >= 0.6 is 0 Å². The maximum atomic E-state index is 12.9. The summed E-state index contributed by atoms with van der Waals surface area (Å²) >= 11 is 0. The van der Waals surface area contributed by atoms with E-state index < -0.39 is 17.5 Å². The van der Waals surface area contributed by atoms with Gasteiger partial charge in [0.15, 0.2) is 17.3 Å². The molecule has 0 atom stereocenters. The number of phenols is 1. The number of carbonyl (C=O) groups is 1. The predicted octanol–water partition coefficient (Wildman–Crippen LogP) is 5.14. The summed E-state index contributed by atoms with van der Waals surface area (Å²) in [5.74, 6) is -1.58. The summed E-state index contributed by atoms with van der Waals surface area (Å²) in [6.45, 7) is 2.08. The Morgan fingerprint density at radius 2 is 1.96 bits per heavy atom. The van der Waals surface area contributed by atoms with Gasteiger partial charge in [-0.05, 0) is 42.7 Å². The van der Waals surface area contributed by atoms with E-state index in [1.54, 1.807) is 6.08 Å². The number of unbranched alkanes of at least 4 members (excludes halogenated alkanes) is 3. The van der Waals surface area contributed by atoms with Gasteiger partial charge in [-0.3, -0.25) is 4.79 Å². The molecule has 1 aromatic carbocycles. The van der Waals surface area contributed by atoms with Crippen molar-refractivity contribution in [3.8, 4) is 11.5 Å². The van der Waals surface area contributed by atoms with Crippen molar-refractivity contribution >= 4 is 11.9 Å². The highest BCUT2D eigenvalue weighted by atomic mass is 19.4. The summed E-state index contributed by atoms with van der Waals surface area (Å²) in [6, 6.07) is 2.01. The number of rotatable bonds is 8. The number of aromatic hydroxyl groups is 1. The second-order valence-electron chi connectivity index (χ2n) is 5.25. The van der Waals surface area contributed by atoms with E-state index in [9.17, 15) is 23.1 Å². The molecule has 0 spiro atoms. The SMILES string of the molecule is CCCCC/C=C/C(=O)/C=C/c1cc(OC)c(O)c(C(F)(F)F)c1. The Kier molecular flexibility index (Phi) is 7.55.